The van der Waals surface area contributed by atoms with Gasteiger partial charge in [-0.1, -0.05) is 54.4 Å². The van der Waals surface area contributed by atoms with Gasteiger partial charge in [0.2, 0.25) is 0 Å². The lowest BCUT2D eigenvalue weighted by Gasteiger charge is -2.02. The molecule has 1 aromatic rings. The maximum atomic E-state index is 10.5. The summed E-state index contributed by atoms with van der Waals surface area (Å²) in [5.41, 5.74) is 0. The van der Waals surface area contributed by atoms with Crippen LogP contribution < -0.4 is 5.19 Å². The van der Waals surface area contributed by atoms with Crippen LogP contribution in [0, 0.1) is 0 Å². The molecule has 3 heteroatoms. The van der Waals surface area contributed by atoms with Crippen molar-refractivity contribution in [3.05, 3.63) is 30.3 Å². The van der Waals surface area contributed by atoms with Crippen LogP contribution in [0.3, 0.4) is 0 Å². The van der Waals surface area contributed by atoms with E-state index in [1.54, 1.807) is 0 Å². The largest absolute Gasteiger partial charge is 0.466 e. The van der Waals surface area contributed by atoms with Gasteiger partial charge in [0.05, 0.1) is 16.1 Å². The Morgan fingerprint density at radius 2 is 1.94 bits per heavy atom. The number of ether oxygens (including phenoxy) is 1. The Kier molecular flexibility index (Phi) is 6.57. The molecule has 2 nitrogen and oxygen atoms in total. The highest BCUT2D eigenvalue weighted by Crippen LogP contribution is 2.00. The summed E-state index contributed by atoms with van der Waals surface area (Å²) in [6.07, 6.45) is 3.35. The van der Waals surface area contributed by atoms with Gasteiger partial charge < -0.3 is 4.74 Å². The molecule has 0 unspecified atom stereocenters. The summed E-state index contributed by atoms with van der Waals surface area (Å²) in [5, 5.41) is 1.43. The molecule has 0 aliphatic heterocycles. The number of esters is 1. The monoisotopic (exact) mass is 234 g/mol. The van der Waals surface area contributed by atoms with Gasteiger partial charge in [-0.25, -0.2) is 0 Å². The molecule has 0 aromatic heterocycles. The summed E-state index contributed by atoms with van der Waals surface area (Å²) in [6.45, 7) is 2.03. The van der Waals surface area contributed by atoms with Crippen LogP contribution in [0.5, 0.6) is 0 Å². The minimum atomic E-state index is -0.175. The van der Waals surface area contributed by atoms with Gasteiger partial charge in [0.25, 0.3) is 0 Å². The molecule has 2 radical (unpaired) electrons. The van der Waals surface area contributed by atoms with E-state index in [0.717, 1.165) is 22.4 Å². The molecule has 16 heavy (non-hydrogen) atoms. The summed E-state index contributed by atoms with van der Waals surface area (Å²) >= 11 is 0. The van der Waals surface area contributed by atoms with Crippen molar-refractivity contribution in [2.24, 2.45) is 0 Å². The first-order valence-electron chi connectivity index (χ1n) is 5.71. The molecule has 0 N–H and O–H groups in total. The molecule has 0 aliphatic rings. The third-order valence-corrected chi connectivity index (χ3v) is 3.57. The first-order chi connectivity index (χ1) is 7.79. The first-order valence-corrected chi connectivity index (χ1v) is 6.92. The molecular formula is C13H18O2Si. The Morgan fingerprint density at radius 3 is 2.62 bits per heavy atom. The fourth-order valence-electron chi connectivity index (χ4n) is 1.41. The van der Waals surface area contributed by atoms with Crippen LogP contribution in [-0.2, 0) is 9.53 Å². The lowest BCUT2D eigenvalue weighted by molar-refractivity contribution is -0.141. The maximum absolute atomic E-state index is 10.5. The summed E-state index contributed by atoms with van der Waals surface area (Å²) in [5.74, 6) is -0.175. The van der Waals surface area contributed by atoms with Gasteiger partial charge >= 0.3 is 5.97 Å². The molecule has 0 saturated carbocycles. The number of benzene rings is 1. The fourth-order valence-corrected chi connectivity index (χ4v) is 2.55. The van der Waals surface area contributed by atoms with E-state index in [-0.39, 0.29) is 5.97 Å². The Balaban J connectivity index is 1.94. The quantitative estimate of drug-likeness (QED) is 0.410. The number of hydrogen-bond acceptors (Lipinski definition) is 2. The molecule has 0 amide bonds. The average Bonchev–Trinajstić information content (AvgIpc) is 2.29. The lowest BCUT2D eigenvalue weighted by atomic mass is 10.3. The van der Waals surface area contributed by atoms with E-state index in [1.165, 1.54) is 24.6 Å². The number of carbonyl (C=O) groups excluding carboxylic acids is 1. The van der Waals surface area contributed by atoms with E-state index in [9.17, 15) is 4.79 Å². The van der Waals surface area contributed by atoms with Crippen LogP contribution in [0.1, 0.15) is 26.2 Å². The van der Waals surface area contributed by atoms with Crippen molar-refractivity contribution in [2.75, 3.05) is 6.61 Å². The van der Waals surface area contributed by atoms with Crippen molar-refractivity contribution in [1.29, 1.82) is 0 Å². The van der Waals surface area contributed by atoms with Gasteiger partial charge in [-0.2, -0.15) is 0 Å². The summed E-state index contributed by atoms with van der Waals surface area (Å²) < 4.78 is 4.87. The highest BCUT2D eigenvalue weighted by molar-refractivity contribution is 6.53. The van der Waals surface area contributed by atoms with Gasteiger partial charge in [-0.15, -0.1) is 0 Å². The molecule has 0 bridgehead atoms. The van der Waals surface area contributed by atoms with Crippen LogP contribution in [0.4, 0.5) is 0 Å². The minimum absolute atomic E-state index is 0.175. The molecule has 0 atom stereocenters. The second-order valence-corrected chi connectivity index (χ2v) is 5.12. The number of hydrogen-bond donors (Lipinski definition) is 0. The number of rotatable bonds is 7. The van der Waals surface area contributed by atoms with Crippen molar-refractivity contribution < 1.29 is 9.53 Å². The molecular weight excluding hydrogens is 216 g/mol. The average molecular weight is 234 g/mol. The molecule has 0 heterocycles. The molecule has 0 fully saturated rings. The van der Waals surface area contributed by atoms with Crippen molar-refractivity contribution in [3.63, 3.8) is 0 Å². The Labute approximate surface area is 99.8 Å². The number of unbranched alkanes of at least 4 members (excludes halogenated alkanes) is 2. The second kappa shape index (κ2) is 8.10. The molecule has 86 valence electrons. The Hall–Kier alpha value is -1.09. The summed E-state index contributed by atoms with van der Waals surface area (Å²) in [6, 6.07) is 11.8. The third kappa shape index (κ3) is 6.40. The smallest absolute Gasteiger partial charge is 0.302 e. The van der Waals surface area contributed by atoms with E-state index >= 15 is 0 Å². The van der Waals surface area contributed by atoms with Crippen LogP contribution in [-0.4, -0.2) is 22.1 Å². The van der Waals surface area contributed by atoms with E-state index in [0.29, 0.717) is 6.61 Å². The zero-order valence-corrected chi connectivity index (χ0v) is 10.7. The van der Waals surface area contributed by atoms with Crippen LogP contribution in [0.2, 0.25) is 6.04 Å². The first kappa shape index (κ1) is 13.0. The molecule has 0 aliphatic carbocycles. The van der Waals surface area contributed by atoms with Crippen molar-refractivity contribution in [1.82, 2.24) is 0 Å². The van der Waals surface area contributed by atoms with Gasteiger partial charge in [0.15, 0.2) is 0 Å². The number of carbonyl (C=O) groups is 1. The van der Waals surface area contributed by atoms with Crippen LogP contribution >= 0.6 is 0 Å². The predicted molar refractivity (Wildman–Crippen MR) is 67.1 cm³/mol. The van der Waals surface area contributed by atoms with Gasteiger partial charge in [-0.05, 0) is 6.42 Å². The molecule has 0 spiro atoms. The van der Waals surface area contributed by atoms with Gasteiger partial charge in [0, 0.05) is 6.92 Å². The van der Waals surface area contributed by atoms with E-state index in [4.69, 9.17) is 4.74 Å². The van der Waals surface area contributed by atoms with Crippen LogP contribution in [0.15, 0.2) is 30.3 Å². The standard InChI is InChI=1S/C13H18O2Si/c1-12(14)15-10-6-3-7-11-16-13-8-4-2-5-9-13/h2,4-5,8-9H,3,6-7,10-11H2,1H3. The van der Waals surface area contributed by atoms with E-state index < -0.39 is 0 Å². The van der Waals surface area contributed by atoms with E-state index in [1.807, 2.05) is 6.07 Å². The van der Waals surface area contributed by atoms with Crippen molar-refractivity contribution >= 4 is 20.7 Å². The summed E-state index contributed by atoms with van der Waals surface area (Å²) in [4.78, 5) is 10.5. The predicted octanol–water partition coefficient (Wildman–Crippen LogP) is 2.17. The Bertz CT molecular complexity index is 298. The van der Waals surface area contributed by atoms with Gasteiger partial charge in [-0.3, -0.25) is 4.79 Å². The zero-order valence-electron chi connectivity index (χ0n) is 9.74. The second-order valence-electron chi connectivity index (χ2n) is 3.69. The van der Waals surface area contributed by atoms with Crippen LogP contribution in [0.25, 0.3) is 0 Å². The molecule has 0 saturated heterocycles. The molecule has 1 rings (SSSR count). The summed E-state index contributed by atoms with van der Waals surface area (Å²) in [7, 11) is 0.904. The fraction of sp³-hybridized carbons (Fsp3) is 0.462. The van der Waals surface area contributed by atoms with Crippen molar-refractivity contribution in [2.45, 2.75) is 32.2 Å². The SMILES string of the molecule is CC(=O)OCCCCC[Si]c1ccccc1. The normalized spacial score (nSPS) is 10.1. The molecule has 1 aromatic carbocycles. The minimum Gasteiger partial charge on any atom is -0.466 e. The highest BCUT2D eigenvalue weighted by Gasteiger charge is 1.95. The van der Waals surface area contributed by atoms with Gasteiger partial charge in [0.1, 0.15) is 0 Å². The third-order valence-electron chi connectivity index (χ3n) is 2.23. The maximum Gasteiger partial charge on any atom is 0.302 e. The zero-order chi connectivity index (χ0) is 11.6. The van der Waals surface area contributed by atoms with E-state index in [2.05, 4.69) is 24.3 Å². The highest BCUT2D eigenvalue weighted by atomic mass is 28.2. The topological polar surface area (TPSA) is 26.3 Å². The Morgan fingerprint density at radius 1 is 1.19 bits per heavy atom. The lowest BCUT2D eigenvalue weighted by Crippen LogP contribution is -2.12. The van der Waals surface area contributed by atoms with Crippen molar-refractivity contribution in [3.8, 4) is 0 Å².